The zero-order valence-electron chi connectivity index (χ0n) is 18.4. The fourth-order valence-electron chi connectivity index (χ4n) is 7.28. The molecule has 4 rings (SSSR count). The summed E-state index contributed by atoms with van der Waals surface area (Å²) >= 11 is 0. The van der Waals surface area contributed by atoms with E-state index in [4.69, 9.17) is 0 Å². The Morgan fingerprint density at radius 1 is 0.692 bits per heavy atom. The second kappa shape index (κ2) is 8.52. The van der Waals surface area contributed by atoms with Crippen LogP contribution < -0.4 is 10.6 Å². The van der Waals surface area contributed by atoms with Crippen molar-refractivity contribution in [3.8, 4) is 0 Å². The van der Waals surface area contributed by atoms with Gasteiger partial charge in [0.05, 0.1) is 0 Å². The summed E-state index contributed by atoms with van der Waals surface area (Å²) in [6.07, 6.45) is 12.0. The average Bonchev–Trinajstić information content (AvgIpc) is 2.61. The summed E-state index contributed by atoms with van der Waals surface area (Å²) in [5.41, 5.74) is 1.26. The molecule has 2 N–H and O–H groups in total. The normalized spacial score (nSPS) is 45.3. The van der Waals surface area contributed by atoms with Gasteiger partial charge in [-0.15, -0.1) is 0 Å². The van der Waals surface area contributed by atoms with Crippen molar-refractivity contribution in [3.63, 3.8) is 0 Å². The maximum absolute atomic E-state index is 3.22. The molecule has 2 heteroatoms. The van der Waals surface area contributed by atoms with Crippen LogP contribution in [0.4, 0.5) is 0 Å². The summed E-state index contributed by atoms with van der Waals surface area (Å²) < 4.78 is 0. The molecule has 152 valence electrons. The van der Waals surface area contributed by atoms with Crippen LogP contribution >= 0.6 is 0 Å². The van der Waals surface area contributed by atoms with E-state index in [1.165, 1.54) is 51.4 Å². The van der Waals surface area contributed by atoms with Crippen molar-refractivity contribution in [3.05, 3.63) is 0 Å². The quantitative estimate of drug-likeness (QED) is 0.596. The highest BCUT2D eigenvalue weighted by atomic mass is 15.0. The van der Waals surface area contributed by atoms with Crippen LogP contribution in [0.3, 0.4) is 0 Å². The number of rotatable bonds is 0. The van der Waals surface area contributed by atoms with E-state index in [1.54, 1.807) is 0 Å². The Hall–Kier alpha value is -0.0800. The van der Waals surface area contributed by atoms with Gasteiger partial charge in [-0.25, -0.2) is 0 Å². The Labute approximate surface area is 163 Å². The highest BCUT2D eigenvalue weighted by Crippen LogP contribution is 2.60. The zero-order chi connectivity index (χ0) is 18.8. The van der Waals surface area contributed by atoms with E-state index in [0.717, 1.165) is 55.8 Å². The summed E-state index contributed by atoms with van der Waals surface area (Å²) in [6, 6.07) is 0. The predicted octanol–water partition coefficient (Wildman–Crippen LogP) is 5.48. The van der Waals surface area contributed by atoms with E-state index in [-0.39, 0.29) is 0 Å². The first-order chi connectivity index (χ1) is 12.3. The van der Waals surface area contributed by atoms with E-state index >= 15 is 0 Å². The van der Waals surface area contributed by atoms with Gasteiger partial charge in [0.25, 0.3) is 0 Å². The van der Waals surface area contributed by atoms with Crippen molar-refractivity contribution in [2.75, 3.05) is 26.2 Å². The maximum atomic E-state index is 3.22. The molecule has 0 unspecified atom stereocenters. The highest BCUT2D eigenvalue weighted by molar-refractivity contribution is 5.00. The molecule has 2 nitrogen and oxygen atoms in total. The molecule has 0 amide bonds. The molecule has 3 aliphatic carbocycles. The fraction of sp³-hybridized carbons (Fsp3) is 1.00. The van der Waals surface area contributed by atoms with Crippen LogP contribution in [-0.2, 0) is 0 Å². The number of hydrogen-bond donors (Lipinski definition) is 2. The number of hydrogen-bond acceptors (Lipinski definition) is 2. The molecule has 0 aromatic carbocycles. The van der Waals surface area contributed by atoms with Crippen molar-refractivity contribution in [1.82, 2.24) is 10.6 Å². The van der Waals surface area contributed by atoms with Gasteiger partial charge in [-0.05, 0) is 72.5 Å². The van der Waals surface area contributed by atoms with E-state index in [0.29, 0.717) is 10.8 Å². The SMILES string of the molecule is C1CNCCN1.C[C@@H]1CCC[C@@]2(C)CC[C@H]3[C@H](C)CC[C@@H](C[C@H]12)C3(C)C. The second-order valence-corrected chi connectivity index (χ2v) is 11.1. The van der Waals surface area contributed by atoms with Crippen LogP contribution in [0.2, 0.25) is 0 Å². The summed E-state index contributed by atoms with van der Waals surface area (Å²) in [7, 11) is 0. The molecule has 0 aromatic rings. The topological polar surface area (TPSA) is 24.1 Å². The third-order valence-corrected chi connectivity index (χ3v) is 9.18. The molecule has 26 heavy (non-hydrogen) atoms. The molecular weight excluding hydrogens is 316 g/mol. The number of piperazine rings is 1. The Balaban J connectivity index is 0.000000278. The molecule has 1 aliphatic heterocycles. The molecule has 2 bridgehead atoms. The van der Waals surface area contributed by atoms with Crippen LogP contribution in [0.5, 0.6) is 0 Å². The molecule has 1 saturated heterocycles. The lowest BCUT2D eigenvalue weighted by Crippen LogP contribution is -2.48. The minimum Gasteiger partial charge on any atom is -0.314 e. The van der Waals surface area contributed by atoms with Crippen LogP contribution in [0, 0.1) is 40.4 Å². The Morgan fingerprint density at radius 2 is 1.31 bits per heavy atom. The van der Waals surface area contributed by atoms with Gasteiger partial charge in [-0.3, -0.25) is 0 Å². The van der Waals surface area contributed by atoms with Gasteiger partial charge in [0, 0.05) is 26.2 Å². The van der Waals surface area contributed by atoms with E-state index in [2.05, 4.69) is 45.3 Å². The van der Waals surface area contributed by atoms with E-state index in [9.17, 15) is 0 Å². The van der Waals surface area contributed by atoms with Gasteiger partial charge in [-0.1, -0.05) is 53.9 Å². The Kier molecular flexibility index (Phi) is 6.76. The van der Waals surface area contributed by atoms with Crippen LogP contribution in [-0.4, -0.2) is 26.2 Å². The lowest BCUT2D eigenvalue weighted by molar-refractivity contribution is -0.0692. The first kappa shape index (κ1) is 20.6. The second-order valence-electron chi connectivity index (χ2n) is 11.1. The lowest BCUT2D eigenvalue weighted by atomic mass is 9.48. The molecule has 0 spiro atoms. The summed E-state index contributed by atoms with van der Waals surface area (Å²) in [4.78, 5) is 0. The zero-order valence-corrected chi connectivity index (χ0v) is 18.4. The maximum Gasteiger partial charge on any atom is 0.00772 e. The monoisotopic (exact) mass is 362 g/mol. The third-order valence-electron chi connectivity index (χ3n) is 9.18. The van der Waals surface area contributed by atoms with E-state index in [1.807, 2.05) is 0 Å². The van der Waals surface area contributed by atoms with Gasteiger partial charge < -0.3 is 10.6 Å². The van der Waals surface area contributed by atoms with Crippen LogP contribution in [0.1, 0.15) is 86.0 Å². The lowest BCUT2D eigenvalue weighted by Gasteiger charge is -2.57. The molecule has 0 aromatic heterocycles. The molecule has 4 fully saturated rings. The molecule has 0 radical (unpaired) electrons. The summed E-state index contributed by atoms with van der Waals surface area (Å²) in [6.45, 7) is 17.5. The third kappa shape index (κ3) is 4.32. The van der Waals surface area contributed by atoms with Gasteiger partial charge in [-0.2, -0.15) is 0 Å². The Morgan fingerprint density at radius 3 is 1.92 bits per heavy atom. The molecule has 1 heterocycles. The number of nitrogens with one attached hydrogen (secondary N) is 2. The Bertz CT molecular complexity index is 430. The summed E-state index contributed by atoms with van der Waals surface area (Å²) in [5, 5.41) is 6.44. The van der Waals surface area contributed by atoms with Crippen molar-refractivity contribution in [2.45, 2.75) is 86.0 Å². The summed E-state index contributed by atoms with van der Waals surface area (Å²) in [5.74, 6) is 4.92. The molecule has 4 aliphatic rings. The average molecular weight is 363 g/mol. The van der Waals surface area contributed by atoms with Gasteiger partial charge in [0.1, 0.15) is 0 Å². The smallest absolute Gasteiger partial charge is 0.00772 e. The predicted molar refractivity (Wildman–Crippen MR) is 113 cm³/mol. The van der Waals surface area contributed by atoms with Crippen molar-refractivity contribution in [2.24, 2.45) is 40.4 Å². The van der Waals surface area contributed by atoms with Gasteiger partial charge >= 0.3 is 0 Å². The number of fused-ring (bicyclic) bond motifs is 3. The van der Waals surface area contributed by atoms with Crippen molar-refractivity contribution >= 4 is 0 Å². The van der Waals surface area contributed by atoms with Gasteiger partial charge in [0.15, 0.2) is 0 Å². The first-order valence-corrected chi connectivity index (χ1v) is 11.8. The largest absolute Gasteiger partial charge is 0.314 e. The van der Waals surface area contributed by atoms with Crippen molar-refractivity contribution < 1.29 is 0 Å². The van der Waals surface area contributed by atoms with E-state index < -0.39 is 0 Å². The minimum absolute atomic E-state index is 0.593. The molecular formula is C24H46N2. The first-order valence-electron chi connectivity index (χ1n) is 11.8. The molecule has 6 atom stereocenters. The highest BCUT2D eigenvalue weighted by Gasteiger charge is 2.50. The van der Waals surface area contributed by atoms with Crippen LogP contribution in [0.25, 0.3) is 0 Å². The minimum atomic E-state index is 0.593. The molecule has 3 saturated carbocycles. The fourth-order valence-corrected chi connectivity index (χ4v) is 7.28. The van der Waals surface area contributed by atoms with Crippen molar-refractivity contribution in [1.29, 1.82) is 0 Å². The standard InChI is InChI=1S/C20H36.C4H10N2/c1-14-7-6-11-20(5)12-10-17-15(2)8-9-16(13-18(14)20)19(17,3)4;1-2-6-4-3-5-1/h14-18H,6-13H2,1-5H3;5-6H,1-4H2/t14-,15-,16+,17+,18-,20+;/m1./s1. The van der Waals surface area contributed by atoms with Gasteiger partial charge in [0.2, 0.25) is 0 Å². The van der Waals surface area contributed by atoms with Crippen LogP contribution in [0.15, 0.2) is 0 Å².